The Balaban J connectivity index is 2.27. The number of carbonyl (C=O) groups is 2. The lowest BCUT2D eigenvalue weighted by atomic mass is 10.1. The summed E-state index contributed by atoms with van der Waals surface area (Å²) < 4.78 is 0. The first-order valence-electron chi connectivity index (χ1n) is 7.72. The highest BCUT2D eigenvalue weighted by Gasteiger charge is 2.14. The molecule has 1 amide bonds. The van der Waals surface area contributed by atoms with Crippen molar-refractivity contribution < 1.29 is 9.59 Å². The fraction of sp³-hybridized carbons (Fsp3) is 0.263. The van der Waals surface area contributed by atoms with Gasteiger partial charge in [0.2, 0.25) is 0 Å². The lowest BCUT2D eigenvalue weighted by Gasteiger charge is -2.19. The lowest BCUT2D eigenvalue weighted by Crippen LogP contribution is -2.30. The Morgan fingerprint density at radius 2 is 1.74 bits per heavy atom. The van der Waals surface area contributed by atoms with Gasteiger partial charge in [0, 0.05) is 34.0 Å². The first kappa shape index (κ1) is 17.3. The molecule has 4 heteroatoms. The Hall–Kier alpha value is -2.07. The molecule has 0 N–H and O–H groups in total. The van der Waals surface area contributed by atoms with Crippen molar-refractivity contribution in [2.75, 3.05) is 13.1 Å². The molecule has 3 nitrogen and oxygen atoms in total. The van der Waals surface area contributed by atoms with E-state index in [4.69, 9.17) is 0 Å². The van der Waals surface area contributed by atoms with E-state index in [-0.39, 0.29) is 5.91 Å². The minimum absolute atomic E-state index is 0.0371. The number of nitrogens with zero attached hydrogens (tertiary/aromatic N) is 1. The average molecular weight is 327 g/mol. The second-order valence-electron chi connectivity index (χ2n) is 5.26. The predicted octanol–water partition coefficient (Wildman–Crippen LogP) is 4.44. The van der Waals surface area contributed by atoms with Crippen molar-refractivity contribution in [3.05, 3.63) is 59.2 Å². The van der Waals surface area contributed by atoms with E-state index in [1.807, 2.05) is 51.1 Å². The highest BCUT2D eigenvalue weighted by molar-refractivity contribution is 7.99. The molecule has 0 saturated carbocycles. The molecule has 0 aromatic heterocycles. The topological polar surface area (TPSA) is 37.4 Å². The molecule has 2 aromatic rings. The highest BCUT2D eigenvalue weighted by atomic mass is 32.2. The summed E-state index contributed by atoms with van der Waals surface area (Å²) in [7, 11) is 0. The van der Waals surface area contributed by atoms with Crippen LogP contribution < -0.4 is 0 Å². The Labute approximate surface area is 141 Å². The van der Waals surface area contributed by atoms with Gasteiger partial charge in [0.15, 0.2) is 6.29 Å². The molecule has 0 radical (unpaired) electrons. The van der Waals surface area contributed by atoms with Crippen LogP contribution in [0, 0.1) is 6.92 Å². The van der Waals surface area contributed by atoms with Gasteiger partial charge in [-0.3, -0.25) is 9.59 Å². The van der Waals surface area contributed by atoms with E-state index in [0.717, 1.165) is 16.1 Å². The summed E-state index contributed by atoms with van der Waals surface area (Å²) >= 11 is 1.53. The quantitative estimate of drug-likeness (QED) is 0.736. The van der Waals surface area contributed by atoms with Crippen LogP contribution in [0.25, 0.3) is 0 Å². The second kappa shape index (κ2) is 7.97. The van der Waals surface area contributed by atoms with Crippen LogP contribution in [0.2, 0.25) is 0 Å². The van der Waals surface area contributed by atoms with Gasteiger partial charge in [0.05, 0.1) is 0 Å². The van der Waals surface area contributed by atoms with E-state index in [9.17, 15) is 9.59 Å². The Kier molecular flexibility index (Phi) is 5.99. The van der Waals surface area contributed by atoms with Crippen molar-refractivity contribution in [2.24, 2.45) is 0 Å². The van der Waals surface area contributed by atoms with Gasteiger partial charge in [-0.15, -0.1) is 0 Å². The lowest BCUT2D eigenvalue weighted by molar-refractivity contribution is 0.0773. The maximum absolute atomic E-state index is 12.4. The number of carbonyl (C=O) groups excluding carboxylic acids is 2. The summed E-state index contributed by atoms with van der Waals surface area (Å²) in [6.45, 7) is 7.25. The van der Waals surface area contributed by atoms with Crippen LogP contribution in [0.5, 0.6) is 0 Å². The average Bonchev–Trinajstić information content (AvgIpc) is 2.58. The highest BCUT2D eigenvalue weighted by Crippen LogP contribution is 2.30. The monoisotopic (exact) mass is 327 g/mol. The van der Waals surface area contributed by atoms with Gasteiger partial charge < -0.3 is 4.90 Å². The SMILES string of the molecule is CCN(CC)C(=O)c1ccc(Sc2ccc(C)cc2)c(C=O)c1. The molecular weight excluding hydrogens is 306 g/mol. The van der Waals surface area contributed by atoms with Gasteiger partial charge in [0.1, 0.15) is 0 Å². The largest absolute Gasteiger partial charge is 0.339 e. The minimum atomic E-state index is -0.0371. The molecule has 0 heterocycles. The van der Waals surface area contributed by atoms with E-state index < -0.39 is 0 Å². The van der Waals surface area contributed by atoms with Crippen molar-refractivity contribution in [2.45, 2.75) is 30.6 Å². The molecule has 0 aliphatic heterocycles. The van der Waals surface area contributed by atoms with Crippen LogP contribution in [0.4, 0.5) is 0 Å². The first-order chi connectivity index (χ1) is 11.1. The van der Waals surface area contributed by atoms with Crippen molar-refractivity contribution >= 4 is 24.0 Å². The molecule has 0 fully saturated rings. The molecule has 0 atom stereocenters. The third-order valence-electron chi connectivity index (χ3n) is 3.68. The van der Waals surface area contributed by atoms with Crippen LogP contribution >= 0.6 is 11.8 Å². The Bertz CT molecular complexity index is 691. The normalized spacial score (nSPS) is 10.4. The van der Waals surface area contributed by atoms with Gasteiger partial charge in [0.25, 0.3) is 5.91 Å². The van der Waals surface area contributed by atoms with Gasteiger partial charge in [-0.2, -0.15) is 0 Å². The van der Waals surface area contributed by atoms with Crippen LogP contribution in [-0.2, 0) is 0 Å². The zero-order valence-electron chi connectivity index (χ0n) is 13.7. The van der Waals surface area contributed by atoms with E-state index in [1.54, 1.807) is 17.0 Å². The molecule has 0 aliphatic carbocycles. The number of hydrogen-bond acceptors (Lipinski definition) is 3. The van der Waals surface area contributed by atoms with Crippen LogP contribution in [0.3, 0.4) is 0 Å². The fourth-order valence-corrected chi connectivity index (χ4v) is 3.18. The molecule has 23 heavy (non-hydrogen) atoms. The third-order valence-corrected chi connectivity index (χ3v) is 4.78. The minimum Gasteiger partial charge on any atom is -0.339 e. The molecule has 2 rings (SSSR count). The summed E-state index contributed by atoms with van der Waals surface area (Å²) in [5.41, 5.74) is 2.31. The standard InChI is InChI=1S/C19H21NO2S/c1-4-20(5-2)19(22)15-8-11-18(16(12-15)13-21)23-17-9-6-14(3)7-10-17/h6-13H,4-5H2,1-3H3. The summed E-state index contributed by atoms with van der Waals surface area (Å²) in [6, 6.07) is 13.5. The number of hydrogen-bond donors (Lipinski definition) is 0. The molecule has 0 saturated heterocycles. The number of benzene rings is 2. The van der Waals surface area contributed by atoms with Crippen LogP contribution in [0.1, 0.15) is 40.1 Å². The van der Waals surface area contributed by atoms with Crippen molar-refractivity contribution in [1.82, 2.24) is 4.90 Å². The maximum Gasteiger partial charge on any atom is 0.253 e. The zero-order chi connectivity index (χ0) is 16.8. The van der Waals surface area contributed by atoms with Crippen LogP contribution in [0.15, 0.2) is 52.3 Å². The Morgan fingerprint density at radius 1 is 1.09 bits per heavy atom. The molecule has 0 unspecified atom stereocenters. The van der Waals surface area contributed by atoms with E-state index in [2.05, 4.69) is 0 Å². The summed E-state index contributed by atoms with van der Waals surface area (Å²) in [5.74, 6) is -0.0371. The summed E-state index contributed by atoms with van der Waals surface area (Å²) in [4.78, 5) is 27.5. The molecular formula is C19H21NO2S. The zero-order valence-corrected chi connectivity index (χ0v) is 14.5. The van der Waals surface area contributed by atoms with E-state index in [0.29, 0.717) is 24.2 Å². The van der Waals surface area contributed by atoms with E-state index in [1.165, 1.54) is 17.3 Å². The van der Waals surface area contributed by atoms with Gasteiger partial charge in [-0.05, 0) is 51.1 Å². The van der Waals surface area contributed by atoms with Gasteiger partial charge in [-0.1, -0.05) is 29.5 Å². The number of aldehydes is 1. The molecule has 0 bridgehead atoms. The summed E-state index contributed by atoms with van der Waals surface area (Å²) in [5, 5.41) is 0. The van der Waals surface area contributed by atoms with Crippen molar-refractivity contribution in [3.63, 3.8) is 0 Å². The third kappa shape index (κ3) is 4.23. The number of aryl methyl sites for hydroxylation is 1. The molecule has 0 spiro atoms. The van der Waals surface area contributed by atoms with Gasteiger partial charge >= 0.3 is 0 Å². The van der Waals surface area contributed by atoms with Crippen LogP contribution in [-0.4, -0.2) is 30.2 Å². The van der Waals surface area contributed by atoms with Crippen molar-refractivity contribution in [1.29, 1.82) is 0 Å². The Morgan fingerprint density at radius 3 is 2.30 bits per heavy atom. The van der Waals surface area contributed by atoms with Crippen molar-refractivity contribution in [3.8, 4) is 0 Å². The second-order valence-corrected chi connectivity index (χ2v) is 6.38. The fourth-order valence-electron chi connectivity index (χ4n) is 2.29. The smallest absolute Gasteiger partial charge is 0.253 e. The maximum atomic E-state index is 12.4. The molecule has 0 aliphatic rings. The van der Waals surface area contributed by atoms with Gasteiger partial charge in [-0.25, -0.2) is 0 Å². The summed E-state index contributed by atoms with van der Waals surface area (Å²) in [6.07, 6.45) is 0.815. The number of amides is 1. The first-order valence-corrected chi connectivity index (χ1v) is 8.53. The van der Waals surface area contributed by atoms with E-state index >= 15 is 0 Å². The molecule has 120 valence electrons. The molecule has 2 aromatic carbocycles. The predicted molar refractivity (Wildman–Crippen MR) is 94.4 cm³/mol. The number of rotatable bonds is 6.